The van der Waals surface area contributed by atoms with Crippen molar-refractivity contribution in [3.05, 3.63) is 0 Å². The van der Waals surface area contributed by atoms with Crippen molar-refractivity contribution in [2.24, 2.45) is 10.9 Å². The third-order valence-electron chi connectivity index (χ3n) is 5.24. The van der Waals surface area contributed by atoms with Gasteiger partial charge >= 0.3 is 0 Å². The van der Waals surface area contributed by atoms with E-state index in [1.165, 1.54) is 32.1 Å². The molecule has 0 aliphatic carbocycles. The van der Waals surface area contributed by atoms with Crippen molar-refractivity contribution in [1.82, 2.24) is 10.2 Å². The minimum absolute atomic E-state index is 0.326. The van der Waals surface area contributed by atoms with E-state index in [1.807, 2.05) is 7.05 Å². The van der Waals surface area contributed by atoms with Crippen molar-refractivity contribution in [3.63, 3.8) is 0 Å². The summed E-state index contributed by atoms with van der Waals surface area (Å²) in [6, 6.07) is 0. The smallest absolute Gasteiger partial charge is 0.193 e. The topological polar surface area (TPSA) is 46.1 Å². The number of piperidine rings is 1. The molecule has 2 rings (SSSR count). The number of guanidine groups is 1. The SMILES string of the molecule is CN=C(NCCCCC(C)C)N1CCC(OCC2CCCCO2)CC1. The fourth-order valence-electron chi connectivity index (χ4n) is 3.63. The summed E-state index contributed by atoms with van der Waals surface area (Å²) in [7, 11) is 1.89. The van der Waals surface area contributed by atoms with E-state index in [0.717, 1.165) is 64.0 Å². The molecule has 2 aliphatic rings. The summed E-state index contributed by atoms with van der Waals surface area (Å²) < 4.78 is 11.9. The number of unbranched alkanes of at least 4 members (excludes halogenated alkanes) is 1. The zero-order valence-electron chi connectivity index (χ0n) is 16.6. The highest BCUT2D eigenvalue weighted by Crippen LogP contribution is 2.18. The molecular weight excluding hydrogens is 314 g/mol. The van der Waals surface area contributed by atoms with Gasteiger partial charge in [0.1, 0.15) is 0 Å². The van der Waals surface area contributed by atoms with Crippen LogP contribution in [0, 0.1) is 5.92 Å². The molecule has 0 aromatic heterocycles. The average Bonchev–Trinajstić information content (AvgIpc) is 2.64. The van der Waals surface area contributed by atoms with Crippen LogP contribution in [0.3, 0.4) is 0 Å². The maximum Gasteiger partial charge on any atom is 0.193 e. The van der Waals surface area contributed by atoms with Crippen LogP contribution in [0.4, 0.5) is 0 Å². The zero-order chi connectivity index (χ0) is 17.9. The van der Waals surface area contributed by atoms with E-state index in [1.54, 1.807) is 0 Å². The van der Waals surface area contributed by atoms with Crippen LogP contribution in [-0.2, 0) is 9.47 Å². The quantitative estimate of drug-likeness (QED) is 0.412. The summed E-state index contributed by atoms with van der Waals surface area (Å²) in [5, 5.41) is 3.53. The Bertz CT molecular complexity index is 373. The number of nitrogens with one attached hydrogen (secondary N) is 1. The number of aliphatic imine (C=N–C) groups is 1. The molecule has 2 fully saturated rings. The summed E-state index contributed by atoms with van der Waals surface area (Å²) in [5.41, 5.74) is 0. The summed E-state index contributed by atoms with van der Waals surface area (Å²) in [6.07, 6.45) is 10.3. The van der Waals surface area contributed by atoms with E-state index in [-0.39, 0.29) is 0 Å². The van der Waals surface area contributed by atoms with Gasteiger partial charge in [0.05, 0.1) is 18.8 Å². The van der Waals surface area contributed by atoms with Crippen LogP contribution in [-0.4, -0.2) is 63.0 Å². The predicted molar refractivity (Wildman–Crippen MR) is 104 cm³/mol. The first kappa shape index (κ1) is 20.5. The summed E-state index contributed by atoms with van der Waals surface area (Å²) >= 11 is 0. The lowest BCUT2D eigenvalue weighted by atomic mass is 10.1. The normalized spacial score (nSPS) is 23.3. The van der Waals surface area contributed by atoms with E-state index >= 15 is 0 Å². The number of hydrogen-bond donors (Lipinski definition) is 1. The number of nitrogens with zero attached hydrogens (tertiary/aromatic N) is 2. The van der Waals surface area contributed by atoms with E-state index in [9.17, 15) is 0 Å². The average molecular weight is 354 g/mol. The second-order valence-electron chi connectivity index (χ2n) is 7.87. The Balaban J connectivity index is 1.58. The number of rotatable bonds is 8. The van der Waals surface area contributed by atoms with Crippen LogP contribution >= 0.6 is 0 Å². The molecule has 2 saturated heterocycles. The largest absolute Gasteiger partial charge is 0.376 e. The van der Waals surface area contributed by atoms with Crippen LogP contribution in [0.1, 0.15) is 65.2 Å². The van der Waals surface area contributed by atoms with Crippen molar-refractivity contribution in [3.8, 4) is 0 Å². The zero-order valence-corrected chi connectivity index (χ0v) is 16.6. The molecule has 0 spiro atoms. The lowest BCUT2D eigenvalue weighted by Gasteiger charge is -2.35. The van der Waals surface area contributed by atoms with Gasteiger partial charge < -0.3 is 19.7 Å². The van der Waals surface area contributed by atoms with Crippen molar-refractivity contribution in [2.75, 3.05) is 39.9 Å². The Morgan fingerprint density at radius 3 is 2.64 bits per heavy atom. The van der Waals surface area contributed by atoms with Crippen molar-refractivity contribution < 1.29 is 9.47 Å². The maximum atomic E-state index is 6.11. The van der Waals surface area contributed by atoms with Gasteiger partial charge in [0.15, 0.2) is 5.96 Å². The van der Waals surface area contributed by atoms with Crippen molar-refractivity contribution in [2.45, 2.75) is 77.4 Å². The Morgan fingerprint density at radius 2 is 2.00 bits per heavy atom. The minimum Gasteiger partial charge on any atom is -0.376 e. The molecule has 0 amide bonds. The lowest BCUT2D eigenvalue weighted by molar-refractivity contribution is -0.0721. The van der Waals surface area contributed by atoms with E-state index in [2.05, 4.69) is 29.1 Å². The van der Waals surface area contributed by atoms with E-state index < -0.39 is 0 Å². The molecule has 2 heterocycles. The number of likely N-dealkylation sites (tertiary alicyclic amines) is 1. The molecule has 0 bridgehead atoms. The summed E-state index contributed by atoms with van der Waals surface area (Å²) in [5.74, 6) is 1.86. The van der Waals surface area contributed by atoms with E-state index in [0.29, 0.717) is 12.2 Å². The second kappa shape index (κ2) is 11.7. The summed E-state index contributed by atoms with van der Waals surface area (Å²) in [6.45, 7) is 9.34. The highest BCUT2D eigenvalue weighted by Gasteiger charge is 2.23. The molecule has 2 aliphatic heterocycles. The molecule has 0 aromatic carbocycles. The molecule has 0 aromatic rings. The van der Waals surface area contributed by atoms with Gasteiger partial charge in [0.2, 0.25) is 0 Å². The van der Waals surface area contributed by atoms with Crippen LogP contribution in [0.15, 0.2) is 4.99 Å². The standard InChI is InChI=1S/C20H39N3O2/c1-17(2)8-4-6-12-22-20(21-3)23-13-10-18(11-14-23)25-16-19-9-5-7-15-24-19/h17-19H,4-16H2,1-3H3,(H,21,22). The minimum atomic E-state index is 0.326. The first-order valence-electron chi connectivity index (χ1n) is 10.4. The van der Waals surface area contributed by atoms with Gasteiger partial charge in [-0.3, -0.25) is 4.99 Å². The van der Waals surface area contributed by atoms with Gasteiger partial charge in [0.25, 0.3) is 0 Å². The molecule has 1 N–H and O–H groups in total. The molecule has 1 atom stereocenters. The molecule has 146 valence electrons. The van der Waals surface area contributed by atoms with Gasteiger partial charge in [-0.15, -0.1) is 0 Å². The molecular formula is C20H39N3O2. The molecule has 0 saturated carbocycles. The number of ether oxygens (including phenoxy) is 2. The second-order valence-corrected chi connectivity index (χ2v) is 7.87. The van der Waals surface area contributed by atoms with Gasteiger partial charge in [-0.1, -0.05) is 26.7 Å². The van der Waals surface area contributed by atoms with Crippen LogP contribution in [0.25, 0.3) is 0 Å². The Hall–Kier alpha value is -0.810. The van der Waals surface area contributed by atoms with Gasteiger partial charge in [0, 0.05) is 33.3 Å². The predicted octanol–water partition coefficient (Wildman–Crippen LogP) is 3.44. The van der Waals surface area contributed by atoms with Gasteiger partial charge in [-0.25, -0.2) is 0 Å². The van der Waals surface area contributed by atoms with Gasteiger partial charge in [-0.2, -0.15) is 0 Å². The fraction of sp³-hybridized carbons (Fsp3) is 0.950. The third kappa shape index (κ3) is 7.95. The number of hydrogen-bond acceptors (Lipinski definition) is 3. The lowest BCUT2D eigenvalue weighted by Crippen LogP contribution is -2.47. The first-order chi connectivity index (χ1) is 12.2. The molecule has 5 nitrogen and oxygen atoms in total. The Labute approximate surface area is 154 Å². The molecule has 1 unspecified atom stereocenters. The molecule has 5 heteroatoms. The summed E-state index contributed by atoms with van der Waals surface area (Å²) in [4.78, 5) is 6.83. The Morgan fingerprint density at radius 1 is 1.20 bits per heavy atom. The fourth-order valence-corrected chi connectivity index (χ4v) is 3.63. The third-order valence-corrected chi connectivity index (χ3v) is 5.24. The van der Waals surface area contributed by atoms with Crippen molar-refractivity contribution >= 4 is 5.96 Å². The molecule has 0 radical (unpaired) electrons. The highest BCUT2D eigenvalue weighted by atomic mass is 16.5. The van der Waals surface area contributed by atoms with Gasteiger partial charge in [-0.05, 0) is 44.4 Å². The Kier molecular flexibility index (Phi) is 9.63. The first-order valence-corrected chi connectivity index (χ1v) is 10.4. The maximum absolute atomic E-state index is 6.11. The highest BCUT2D eigenvalue weighted by molar-refractivity contribution is 5.79. The van der Waals surface area contributed by atoms with Crippen LogP contribution in [0.5, 0.6) is 0 Å². The van der Waals surface area contributed by atoms with Crippen LogP contribution in [0.2, 0.25) is 0 Å². The molecule has 25 heavy (non-hydrogen) atoms. The van der Waals surface area contributed by atoms with E-state index in [4.69, 9.17) is 9.47 Å². The monoisotopic (exact) mass is 353 g/mol. The van der Waals surface area contributed by atoms with Crippen LogP contribution < -0.4 is 5.32 Å². The van der Waals surface area contributed by atoms with Crippen molar-refractivity contribution in [1.29, 1.82) is 0 Å².